The van der Waals surface area contributed by atoms with Gasteiger partial charge in [-0.2, -0.15) is 5.26 Å². The van der Waals surface area contributed by atoms with Crippen molar-refractivity contribution in [2.45, 2.75) is 26.4 Å². The Balaban J connectivity index is 2.66. The van der Waals surface area contributed by atoms with Crippen LogP contribution in [0.4, 0.5) is 0 Å². The number of rotatable bonds is 5. The van der Waals surface area contributed by atoms with Crippen LogP contribution in [0.25, 0.3) is 0 Å². The van der Waals surface area contributed by atoms with E-state index in [-0.39, 0.29) is 6.61 Å². The van der Waals surface area contributed by atoms with Crippen LogP contribution in [0.5, 0.6) is 0 Å². The Morgan fingerprint density at radius 1 is 1.31 bits per heavy atom. The molecule has 86 valence electrons. The lowest BCUT2D eigenvalue weighted by Gasteiger charge is -2.25. The Morgan fingerprint density at radius 3 is 2.38 bits per heavy atom. The summed E-state index contributed by atoms with van der Waals surface area (Å²) in [5.41, 5.74) is 1.85. The second-order valence-corrected chi connectivity index (χ2v) is 4.10. The summed E-state index contributed by atoms with van der Waals surface area (Å²) < 4.78 is 0. The van der Waals surface area contributed by atoms with E-state index in [0.29, 0.717) is 18.2 Å². The van der Waals surface area contributed by atoms with Crippen LogP contribution in [-0.2, 0) is 6.54 Å². The van der Waals surface area contributed by atoms with Crippen LogP contribution < -0.4 is 0 Å². The van der Waals surface area contributed by atoms with E-state index in [1.54, 1.807) is 0 Å². The number of nitrogens with zero attached hydrogens (tertiary/aromatic N) is 2. The molecule has 0 amide bonds. The van der Waals surface area contributed by atoms with Crippen molar-refractivity contribution in [2.24, 2.45) is 0 Å². The highest BCUT2D eigenvalue weighted by molar-refractivity contribution is 5.31. The summed E-state index contributed by atoms with van der Waals surface area (Å²) in [6.45, 7) is 5.88. The minimum Gasteiger partial charge on any atom is -0.395 e. The fourth-order valence-electron chi connectivity index (χ4n) is 1.57. The minimum absolute atomic E-state index is 0.175. The monoisotopic (exact) mass is 218 g/mol. The fourth-order valence-corrected chi connectivity index (χ4v) is 1.57. The minimum atomic E-state index is 0.175. The summed E-state index contributed by atoms with van der Waals surface area (Å²) in [6, 6.07) is 10.1. The molecular formula is C13H18N2O. The number of aliphatic hydroxyl groups is 1. The molecule has 0 heterocycles. The van der Waals surface area contributed by atoms with Gasteiger partial charge in [0.1, 0.15) is 0 Å². The molecule has 1 aromatic carbocycles. The standard InChI is InChI=1S/C13H18N2O/c1-11(2)15(7-8-16)10-13-5-3-12(9-14)4-6-13/h3-6,11,16H,7-8,10H2,1-2H3. The number of hydrogen-bond donors (Lipinski definition) is 1. The molecule has 1 N–H and O–H groups in total. The zero-order valence-electron chi connectivity index (χ0n) is 9.85. The first-order valence-corrected chi connectivity index (χ1v) is 5.51. The van der Waals surface area contributed by atoms with Gasteiger partial charge >= 0.3 is 0 Å². The summed E-state index contributed by atoms with van der Waals surface area (Å²) >= 11 is 0. The molecule has 0 aliphatic carbocycles. The first-order chi connectivity index (χ1) is 7.67. The van der Waals surface area contributed by atoms with Gasteiger partial charge in [-0.25, -0.2) is 0 Å². The summed E-state index contributed by atoms with van der Waals surface area (Å²) in [7, 11) is 0. The van der Waals surface area contributed by atoms with Gasteiger partial charge in [-0.15, -0.1) is 0 Å². The van der Waals surface area contributed by atoms with E-state index >= 15 is 0 Å². The third-order valence-electron chi connectivity index (χ3n) is 2.59. The maximum absolute atomic E-state index is 8.96. The Hall–Kier alpha value is -1.37. The highest BCUT2D eigenvalue weighted by atomic mass is 16.3. The normalized spacial score (nSPS) is 10.8. The van der Waals surface area contributed by atoms with Gasteiger partial charge in [-0.1, -0.05) is 12.1 Å². The van der Waals surface area contributed by atoms with Crippen molar-refractivity contribution in [3.05, 3.63) is 35.4 Å². The second-order valence-electron chi connectivity index (χ2n) is 4.10. The highest BCUT2D eigenvalue weighted by Crippen LogP contribution is 2.09. The number of aliphatic hydroxyl groups excluding tert-OH is 1. The lowest BCUT2D eigenvalue weighted by molar-refractivity contribution is 0.159. The maximum atomic E-state index is 8.96. The molecule has 1 aromatic rings. The fraction of sp³-hybridized carbons (Fsp3) is 0.462. The van der Waals surface area contributed by atoms with Crippen LogP contribution in [0.1, 0.15) is 25.0 Å². The van der Waals surface area contributed by atoms with Crippen LogP contribution >= 0.6 is 0 Å². The van der Waals surface area contributed by atoms with Gasteiger partial charge in [0.05, 0.1) is 18.2 Å². The SMILES string of the molecule is CC(C)N(CCO)Cc1ccc(C#N)cc1. The number of nitriles is 1. The Labute approximate surface area is 96.9 Å². The lowest BCUT2D eigenvalue weighted by atomic mass is 10.1. The zero-order valence-corrected chi connectivity index (χ0v) is 9.85. The number of hydrogen-bond acceptors (Lipinski definition) is 3. The van der Waals surface area contributed by atoms with E-state index in [9.17, 15) is 0 Å². The van der Waals surface area contributed by atoms with E-state index in [2.05, 4.69) is 24.8 Å². The van der Waals surface area contributed by atoms with Crippen LogP contribution in [0.15, 0.2) is 24.3 Å². The zero-order chi connectivity index (χ0) is 12.0. The average Bonchev–Trinajstić information content (AvgIpc) is 2.29. The predicted molar refractivity (Wildman–Crippen MR) is 63.8 cm³/mol. The molecule has 0 atom stereocenters. The molecule has 0 saturated heterocycles. The van der Waals surface area contributed by atoms with Crippen LogP contribution in [0.2, 0.25) is 0 Å². The molecule has 0 radical (unpaired) electrons. The summed E-state index contributed by atoms with van der Waals surface area (Å²) in [5.74, 6) is 0. The van der Waals surface area contributed by atoms with Gasteiger partial charge in [-0.3, -0.25) is 4.90 Å². The molecule has 0 bridgehead atoms. The average molecular weight is 218 g/mol. The van der Waals surface area contributed by atoms with Gasteiger partial charge in [0.15, 0.2) is 0 Å². The van der Waals surface area contributed by atoms with E-state index in [0.717, 1.165) is 6.54 Å². The molecular weight excluding hydrogens is 200 g/mol. The molecule has 0 spiro atoms. The molecule has 0 aromatic heterocycles. The molecule has 16 heavy (non-hydrogen) atoms. The van der Waals surface area contributed by atoms with Crippen molar-refractivity contribution >= 4 is 0 Å². The van der Waals surface area contributed by atoms with E-state index in [1.165, 1.54) is 5.56 Å². The Morgan fingerprint density at radius 2 is 1.94 bits per heavy atom. The molecule has 0 fully saturated rings. The molecule has 3 heteroatoms. The Kier molecular flexibility index (Phi) is 4.97. The third kappa shape index (κ3) is 3.65. The van der Waals surface area contributed by atoms with Crippen LogP contribution in [0.3, 0.4) is 0 Å². The maximum Gasteiger partial charge on any atom is 0.0991 e. The number of benzene rings is 1. The van der Waals surface area contributed by atoms with E-state index < -0.39 is 0 Å². The van der Waals surface area contributed by atoms with Crippen molar-refractivity contribution < 1.29 is 5.11 Å². The van der Waals surface area contributed by atoms with Gasteiger partial charge in [0.25, 0.3) is 0 Å². The topological polar surface area (TPSA) is 47.3 Å². The molecule has 1 rings (SSSR count). The highest BCUT2D eigenvalue weighted by Gasteiger charge is 2.08. The largest absolute Gasteiger partial charge is 0.395 e. The van der Waals surface area contributed by atoms with E-state index in [1.807, 2.05) is 24.3 Å². The van der Waals surface area contributed by atoms with Gasteiger partial charge < -0.3 is 5.11 Å². The summed E-state index contributed by atoms with van der Waals surface area (Å²) in [5, 5.41) is 17.7. The van der Waals surface area contributed by atoms with Crippen molar-refractivity contribution in [3.63, 3.8) is 0 Å². The molecule has 0 saturated carbocycles. The predicted octanol–water partition coefficient (Wildman–Crippen LogP) is 1.76. The second kappa shape index (κ2) is 6.26. The van der Waals surface area contributed by atoms with Crippen LogP contribution in [-0.4, -0.2) is 29.2 Å². The molecule has 3 nitrogen and oxygen atoms in total. The van der Waals surface area contributed by atoms with Crippen LogP contribution in [0, 0.1) is 11.3 Å². The Bertz CT molecular complexity index is 351. The van der Waals surface area contributed by atoms with Crippen molar-refractivity contribution in [1.82, 2.24) is 4.90 Å². The lowest BCUT2D eigenvalue weighted by Crippen LogP contribution is -2.32. The quantitative estimate of drug-likeness (QED) is 0.819. The van der Waals surface area contributed by atoms with Crippen molar-refractivity contribution in [1.29, 1.82) is 5.26 Å². The first kappa shape index (κ1) is 12.7. The van der Waals surface area contributed by atoms with Gasteiger partial charge in [-0.05, 0) is 31.5 Å². The van der Waals surface area contributed by atoms with Gasteiger partial charge in [0.2, 0.25) is 0 Å². The van der Waals surface area contributed by atoms with Crippen molar-refractivity contribution in [3.8, 4) is 6.07 Å². The first-order valence-electron chi connectivity index (χ1n) is 5.51. The van der Waals surface area contributed by atoms with Crippen molar-refractivity contribution in [2.75, 3.05) is 13.2 Å². The molecule has 0 aliphatic rings. The summed E-state index contributed by atoms with van der Waals surface area (Å²) in [6.07, 6.45) is 0. The molecule has 0 aliphatic heterocycles. The third-order valence-corrected chi connectivity index (χ3v) is 2.59. The molecule has 0 unspecified atom stereocenters. The smallest absolute Gasteiger partial charge is 0.0991 e. The van der Waals surface area contributed by atoms with Gasteiger partial charge in [0, 0.05) is 19.1 Å². The van der Waals surface area contributed by atoms with E-state index in [4.69, 9.17) is 10.4 Å². The summed E-state index contributed by atoms with van der Waals surface area (Å²) in [4.78, 5) is 2.20.